The summed E-state index contributed by atoms with van der Waals surface area (Å²) < 4.78 is 0. The average molecular weight is 227 g/mol. The Morgan fingerprint density at radius 3 is 2.40 bits per heavy atom. The van der Waals surface area contributed by atoms with Gasteiger partial charge in [0.2, 0.25) is 0 Å². The van der Waals surface area contributed by atoms with Gasteiger partial charge in [-0.1, -0.05) is 25.5 Å². The van der Waals surface area contributed by atoms with Gasteiger partial charge in [0, 0.05) is 18.3 Å². The van der Waals surface area contributed by atoms with Gasteiger partial charge in [0.05, 0.1) is 0 Å². The van der Waals surface area contributed by atoms with Crippen molar-refractivity contribution in [2.45, 2.75) is 45.1 Å². The molecule has 1 aliphatic carbocycles. The lowest BCUT2D eigenvalue weighted by Gasteiger charge is -2.33. The van der Waals surface area contributed by atoms with Gasteiger partial charge in [-0.3, -0.25) is 4.90 Å². The standard InChI is InChI=1S/C13H25NS/c1-3-12-6-8-13(9-7-12)14(2)10-4-5-11-15/h4-5,12-13,15H,3,6-11H2,1-2H3. The third kappa shape index (κ3) is 4.60. The molecule has 15 heavy (non-hydrogen) atoms. The summed E-state index contributed by atoms with van der Waals surface area (Å²) in [6.07, 6.45) is 11.4. The minimum atomic E-state index is 0.817. The summed E-state index contributed by atoms with van der Waals surface area (Å²) in [5, 5.41) is 0. The predicted molar refractivity (Wildman–Crippen MR) is 71.7 cm³/mol. The van der Waals surface area contributed by atoms with Crippen LogP contribution in [0, 0.1) is 5.92 Å². The van der Waals surface area contributed by atoms with Crippen LogP contribution < -0.4 is 0 Å². The van der Waals surface area contributed by atoms with Gasteiger partial charge in [-0.15, -0.1) is 0 Å². The zero-order valence-corrected chi connectivity index (χ0v) is 11.0. The third-order valence-corrected chi connectivity index (χ3v) is 3.89. The molecule has 0 radical (unpaired) electrons. The molecule has 0 N–H and O–H groups in total. The van der Waals surface area contributed by atoms with Gasteiger partial charge in [0.15, 0.2) is 0 Å². The second-order valence-corrected chi connectivity index (χ2v) is 5.04. The Morgan fingerprint density at radius 1 is 1.20 bits per heavy atom. The van der Waals surface area contributed by atoms with Gasteiger partial charge in [-0.2, -0.15) is 12.6 Å². The van der Waals surface area contributed by atoms with Crippen molar-refractivity contribution in [3.63, 3.8) is 0 Å². The van der Waals surface area contributed by atoms with E-state index in [2.05, 4.69) is 43.7 Å². The highest BCUT2D eigenvalue weighted by Gasteiger charge is 2.22. The fraction of sp³-hybridized carbons (Fsp3) is 0.846. The Balaban J connectivity index is 2.23. The molecule has 1 rings (SSSR count). The third-order valence-electron chi connectivity index (χ3n) is 3.68. The first-order valence-electron chi connectivity index (χ1n) is 6.24. The van der Waals surface area contributed by atoms with E-state index in [0.717, 1.165) is 24.3 Å². The molecule has 0 aromatic carbocycles. The van der Waals surface area contributed by atoms with Crippen LogP contribution in [0.25, 0.3) is 0 Å². The van der Waals surface area contributed by atoms with Crippen LogP contribution in [0.5, 0.6) is 0 Å². The second kappa shape index (κ2) is 7.34. The molecule has 1 saturated carbocycles. The van der Waals surface area contributed by atoms with Crippen LogP contribution in [-0.4, -0.2) is 30.3 Å². The Bertz CT molecular complexity index is 183. The molecule has 0 bridgehead atoms. The smallest absolute Gasteiger partial charge is 0.0163 e. The highest BCUT2D eigenvalue weighted by Crippen LogP contribution is 2.28. The molecule has 0 saturated heterocycles. The van der Waals surface area contributed by atoms with Gasteiger partial charge >= 0.3 is 0 Å². The van der Waals surface area contributed by atoms with E-state index in [-0.39, 0.29) is 0 Å². The molecule has 88 valence electrons. The Labute approximate surface area is 100 Å². The molecule has 0 aromatic rings. The van der Waals surface area contributed by atoms with Crippen molar-refractivity contribution in [3.8, 4) is 0 Å². The fourth-order valence-electron chi connectivity index (χ4n) is 2.46. The molecule has 0 unspecified atom stereocenters. The topological polar surface area (TPSA) is 3.24 Å². The van der Waals surface area contributed by atoms with E-state index in [0.29, 0.717) is 0 Å². The van der Waals surface area contributed by atoms with Crippen LogP contribution in [0.2, 0.25) is 0 Å². The average Bonchev–Trinajstić information content (AvgIpc) is 2.29. The number of hydrogen-bond donors (Lipinski definition) is 1. The first-order valence-corrected chi connectivity index (χ1v) is 6.87. The lowest BCUT2D eigenvalue weighted by atomic mass is 9.84. The van der Waals surface area contributed by atoms with Gasteiger partial charge in [-0.05, 0) is 38.6 Å². The van der Waals surface area contributed by atoms with Crippen molar-refractivity contribution in [1.82, 2.24) is 4.90 Å². The largest absolute Gasteiger partial charge is 0.300 e. The number of nitrogens with zero attached hydrogens (tertiary/aromatic N) is 1. The monoisotopic (exact) mass is 227 g/mol. The van der Waals surface area contributed by atoms with Gasteiger partial charge in [-0.25, -0.2) is 0 Å². The van der Waals surface area contributed by atoms with E-state index >= 15 is 0 Å². The molecule has 0 atom stereocenters. The lowest BCUT2D eigenvalue weighted by molar-refractivity contribution is 0.176. The summed E-state index contributed by atoms with van der Waals surface area (Å²) in [6, 6.07) is 0.817. The van der Waals surface area contributed by atoms with E-state index in [9.17, 15) is 0 Å². The van der Waals surface area contributed by atoms with Crippen molar-refractivity contribution in [3.05, 3.63) is 12.2 Å². The Morgan fingerprint density at radius 2 is 1.87 bits per heavy atom. The molecule has 1 aliphatic rings. The van der Waals surface area contributed by atoms with E-state index in [1.807, 2.05) is 0 Å². The SMILES string of the molecule is CCC1CCC(N(C)CC=CCS)CC1. The quantitative estimate of drug-likeness (QED) is 0.557. The van der Waals surface area contributed by atoms with Gasteiger partial charge in [0.1, 0.15) is 0 Å². The van der Waals surface area contributed by atoms with Gasteiger partial charge < -0.3 is 0 Å². The van der Waals surface area contributed by atoms with Crippen molar-refractivity contribution in [1.29, 1.82) is 0 Å². The number of thiol groups is 1. The summed E-state index contributed by atoms with van der Waals surface area (Å²) in [5.41, 5.74) is 0. The summed E-state index contributed by atoms with van der Waals surface area (Å²) in [4.78, 5) is 2.49. The zero-order valence-electron chi connectivity index (χ0n) is 10.2. The minimum absolute atomic E-state index is 0.817. The van der Waals surface area contributed by atoms with E-state index in [4.69, 9.17) is 0 Å². The highest BCUT2D eigenvalue weighted by molar-refractivity contribution is 7.80. The molecular weight excluding hydrogens is 202 g/mol. The Hall–Kier alpha value is 0.0500. The van der Waals surface area contributed by atoms with Crippen LogP contribution in [0.1, 0.15) is 39.0 Å². The number of rotatable bonds is 5. The van der Waals surface area contributed by atoms with Crippen LogP contribution in [0.15, 0.2) is 12.2 Å². The number of hydrogen-bond acceptors (Lipinski definition) is 2. The normalized spacial score (nSPS) is 27.7. The summed E-state index contributed by atoms with van der Waals surface area (Å²) in [6.45, 7) is 3.41. The Kier molecular flexibility index (Phi) is 6.42. The molecule has 1 nitrogen and oxygen atoms in total. The fourth-order valence-corrected chi connectivity index (χ4v) is 2.61. The summed E-state index contributed by atoms with van der Waals surface area (Å²) in [7, 11) is 2.25. The molecule has 0 spiro atoms. The molecule has 0 heterocycles. The highest BCUT2D eigenvalue weighted by atomic mass is 32.1. The second-order valence-electron chi connectivity index (χ2n) is 4.68. The van der Waals surface area contributed by atoms with E-state index < -0.39 is 0 Å². The van der Waals surface area contributed by atoms with Gasteiger partial charge in [0.25, 0.3) is 0 Å². The molecular formula is C13H25NS. The molecule has 0 aromatic heterocycles. The molecule has 1 fully saturated rings. The molecule has 0 amide bonds. The maximum absolute atomic E-state index is 4.17. The van der Waals surface area contributed by atoms with Crippen LogP contribution >= 0.6 is 12.6 Å². The molecule has 2 heteroatoms. The van der Waals surface area contributed by atoms with Crippen LogP contribution in [0.4, 0.5) is 0 Å². The summed E-state index contributed by atoms with van der Waals surface area (Å²) in [5.74, 6) is 1.86. The first kappa shape index (κ1) is 13.1. The number of likely N-dealkylation sites (N-methyl/N-ethyl adjacent to an activating group) is 1. The van der Waals surface area contributed by atoms with Crippen molar-refractivity contribution in [2.24, 2.45) is 5.92 Å². The van der Waals surface area contributed by atoms with Crippen LogP contribution in [0.3, 0.4) is 0 Å². The first-order chi connectivity index (χ1) is 7.27. The van der Waals surface area contributed by atoms with Crippen molar-refractivity contribution >= 4 is 12.6 Å². The van der Waals surface area contributed by atoms with Crippen molar-refractivity contribution in [2.75, 3.05) is 19.3 Å². The van der Waals surface area contributed by atoms with E-state index in [1.165, 1.54) is 32.1 Å². The molecule has 0 aliphatic heterocycles. The predicted octanol–water partition coefficient (Wildman–Crippen LogP) is 3.37. The van der Waals surface area contributed by atoms with Crippen molar-refractivity contribution < 1.29 is 0 Å². The maximum atomic E-state index is 4.17. The maximum Gasteiger partial charge on any atom is 0.0163 e. The zero-order chi connectivity index (χ0) is 11.1. The minimum Gasteiger partial charge on any atom is -0.300 e. The van der Waals surface area contributed by atoms with Crippen LogP contribution in [-0.2, 0) is 0 Å². The summed E-state index contributed by atoms with van der Waals surface area (Å²) >= 11 is 4.17. The lowest BCUT2D eigenvalue weighted by Crippen LogP contribution is -2.35. The van der Waals surface area contributed by atoms with E-state index in [1.54, 1.807) is 0 Å².